The Morgan fingerprint density at radius 1 is 1.00 bits per heavy atom. The van der Waals surface area contributed by atoms with Crippen LogP contribution < -0.4 is 5.32 Å². The topological polar surface area (TPSA) is 12.0 Å². The third-order valence-corrected chi connectivity index (χ3v) is 4.04. The van der Waals surface area contributed by atoms with Crippen molar-refractivity contribution in [1.82, 2.24) is 5.32 Å². The lowest BCUT2D eigenvalue weighted by Gasteiger charge is -2.29. The van der Waals surface area contributed by atoms with E-state index in [1.807, 2.05) is 0 Å². The highest BCUT2D eigenvalue weighted by atomic mass is 14.9. The molecular formula is C16H35N. The van der Waals surface area contributed by atoms with Crippen molar-refractivity contribution in [2.45, 2.75) is 80.7 Å². The molecule has 0 rings (SSSR count). The second-order valence-corrected chi connectivity index (χ2v) is 7.76. The van der Waals surface area contributed by atoms with Crippen LogP contribution in [0.5, 0.6) is 0 Å². The second-order valence-electron chi connectivity index (χ2n) is 7.76. The van der Waals surface area contributed by atoms with Gasteiger partial charge < -0.3 is 5.32 Å². The largest absolute Gasteiger partial charge is 0.313 e. The van der Waals surface area contributed by atoms with Crippen LogP contribution in [0.15, 0.2) is 0 Å². The van der Waals surface area contributed by atoms with E-state index in [0.717, 1.165) is 12.5 Å². The van der Waals surface area contributed by atoms with Crippen LogP contribution in [0.1, 0.15) is 74.7 Å². The summed E-state index contributed by atoms with van der Waals surface area (Å²) in [6, 6.07) is 0.627. The molecule has 2 unspecified atom stereocenters. The summed E-state index contributed by atoms with van der Waals surface area (Å²) in [6.07, 6.45) is 3.95. The summed E-state index contributed by atoms with van der Waals surface area (Å²) in [5.74, 6) is 0.767. The minimum atomic E-state index is 0.386. The first-order valence-corrected chi connectivity index (χ1v) is 7.31. The molecular weight excluding hydrogens is 206 g/mol. The van der Waals surface area contributed by atoms with Gasteiger partial charge in [-0.05, 0) is 36.5 Å². The van der Waals surface area contributed by atoms with Crippen molar-refractivity contribution in [3.05, 3.63) is 0 Å². The van der Waals surface area contributed by atoms with Crippen molar-refractivity contribution >= 4 is 0 Å². The first-order chi connectivity index (χ1) is 7.57. The zero-order valence-corrected chi connectivity index (χ0v) is 13.5. The van der Waals surface area contributed by atoms with Gasteiger partial charge in [-0.3, -0.25) is 0 Å². The van der Waals surface area contributed by atoms with Crippen LogP contribution in [0.25, 0.3) is 0 Å². The molecule has 1 N–H and O–H groups in total. The smallest absolute Gasteiger partial charge is 0.00645 e. The van der Waals surface area contributed by atoms with E-state index >= 15 is 0 Å². The van der Waals surface area contributed by atoms with Crippen molar-refractivity contribution in [3.8, 4) is 0 Å². The molecule has 0 aliphatic heterocycles. The molecule has 0 aliphatic carbocycles. The van der Waals surface area contributed by atoms with Crippen LogP contribution in [-0.2, 0) is 0 Å². The van der Waals surface area contributed by atoms with E-state index < -0.39 is 0 Å². The minimum Gasteiger partial charge on any atom is -0.313 e. The second kappa shape index (κ2) is 6.78. The highest BCUT2D eigenvalue weighted by Crippen LogP contribution is 2.29. The van der Waals surface area contributed by atoms with Crippen LogP contribution in [0.2, 0.25) is 0 Å². The summed E-state index contributed by atoms with van der Waals surface area (Å²) in [5.41, 5.74) is 0.897. The molecule has 0 amide bonds. The Hall–Kier alpha value is -0.0400. The molecule has 0 radical (unpaired) electrons. The van der Waals surface area contributed by atoms with Crippen molar-refractivity contribution in [2.75, 3.05) is 6.54 Å². The van der Waals surface area contributed by atoms with Gasteiger partial charge in [0.25, 0.3) is 0 Å². The average Bonchev–Trinajstić information content (AvgIpc) is 2.21. The predicted molar refractivity (Wildman–Crippen MR) is 79.4 cm³/mol. The van der Waals surface area contributed by atoms with Crippen LogP contribution in [0.4, 0.5) is 0 Å². The SMILES string of the molecule is CCC(C)(C)CCC(C)C(C)NCC(C)(C)C. The average molecular weight is 241 g/mol. The molecule has 0 aliphatic rings. The summed E-state index contributed by atoms with van der Waals surface area (Å²) in [7, 11) is 0. The van der Waals surface area contributed by atoms with Crippen LogP contribution >= 0.6 is 0 Å². The lowest BCUT2D eigenvalue weighted by Crippen LogP contribution is -2.38. The molecule has 0 aromatic rings. The van der Waals surface area contributed by atoms with Crippen molar-refractivity contribution < 1.29 is 0 Å². The lowest BCUT2D eigenvalue weighted by atomic mass is 9.81. The van der Waals surface area contributed by atoms with Gasteiger partial charge in [0.2, 0.25) is 0 Å². The van der Waals surface area contributed by atoms with Crippen molar-refractivity contribution in [3.63, 3.8) is 0 Å². The zero-order chi connectivity index (χ0) is 13.7. The Kier molecular flexibility index (Phi) is 6.76. The fraction of sp³-hybridized carbons (Fsp3) is 1.00. The molecule has 0 aromatic heterocycles. The maximum atomic E-state index is 3.68. The molecule has 0 saturated heterocycles. The van der Waals surface area contributed by atoms with Crippen LogP contribution in [0.3, 0.4) is 0 Å². The number of hydrogen-bond donors (Lipinski definition) is 1. The molecule has 17 heavy (non-hydrogen) atoms. The van der Waals surface area contributed by atoms with E-state index in [2.05, 4.69) is 60.7 Å². The Morgan fingerprint density at radius 3 is 1.94 bits per heavy atom. The van der Waals surface area contributed by atoms with Crippen molar-refractivity contribution in [2.24, 2.45) is 16.7 Å². The molecule has 1 nitrogen and oxygen atoms in total. The van der Waals surface area contributed by atoms with Gasteiger partial charge in [-0.25, -0.2) is 0 Å². The Bertz CT molecular complexity index is 200. The van der Waals surface area contributed by atoms with E-state index in [-0.39, 0.29) is 0 Å². The highest BCUT2D eigenvalue weighted by molar-refractivity contribution is 4.75. The van der Waals surface area contributed by atoms with Gasteiger partial charge in [-0.1, -0.05) is 54.9 Å². The molecule has 104 valence electrons. The van der Waals surface area contributed by atoms with Gasteiger partial charge in [0.15, 0.2) is 0 Å². The summed E-state index contributed by atoms with van der Waals surface area (Å²) < 4.78 is 0. The standard InChI is InChI=1S/C16H35N/c1-9-16(7,8)11-10-13(2)14(3)17-12-15(4,5)6/h13-14,17H,9-12H2,1-8H3. The van der Waals surface area contributed by atoms with Crippen LogP contribution in [0, 0.1) is 16.7 Å². The molecule has 1 heteroatoms. The predicted octanol–water partition coefficient (Wildman–Crippen LogP) is 4.86. The van der Waals surface area contributed by atoms with Gasteiger partial charge in [-0.2, -0.15) is 0 Å². The molecule has 0 bridgehead atoms. The van der Waals surface area contributed by atoms with Gasteiger partial charge in [-0.15, -0.1) is 0 Å². The molecule has 2 atom stereocenters. The number of rotatable bonds is 7. The molecule has 0 heterocycles. The third-order valence-electron chi connectivity index (χ3n) is 4.04. The summed E-state index contributed by atoms with van der Waals surface area (Å²) in [4.78, 5) is 0. The summed E-state index contributed by atoms with van der Waals surface area (Å²) in [6.45, 7) is 19.7. The first-order valence-electron chi connectivity index (χ1n) is 7.31. The highest BCUT2D eigenvalue weighted by Gasteiger charge is 2.20. The normalized spacial score (nSPS) is 16.9. The van der Waals surface area contributed by atoms with Gasteiger partial charge >= 0.3 is 0 Å². The summed E-state index contributed by atoms with van der Waals surface area (Å²) >= 11 is 0. The van der Waals surface area contributed by atoms with Crippen molar-refractivity contribution in [1.29, 1.82) is 0 Å². The summed E-state index contributed by atoms with van der Waals surface area (Å²) in [5, 5.41) is 3.68. The van der Waals surface area contributed by atoms with E-state index in [0.29, 0.717) is 16.9 Å². The molecule has 0 fully saturated rings. The van der Waals surface area contributed by atoms with E-state index in [4.69, 9.17) is 0 Å². The monoisotopic (exact) mass is 241 g/mol. The molecule has 0 aromatic carbocycles. The lowest BCUT2D eigenvalue weighted by molar-refractivity contribution is 0.254. The quantitative estimate of drug-likeness (QED) is 0.671. The maximum absolute atomic E-state index is 3.68. The van der Waals surface area contributed by atoms with E-state index in [1.165, 1.54) is 19.3 Å². The van der Waals surface area contributed by atoms with E-state index in [9.17, 15) is 0 Å². The number of hydrogen-bond acceptors (Lipinski definition) is 1. The zero-order valence-electron chi connectivity index (χ0n) is 13.5. The maximum Gasteiger partial charge on any atom is 0.00645 e. The number of nitrogens with one attached hydrogen (secondary N) is 1. The van der Waals surface area contributed by atoms with Crippen LogP contribution in [-0.4, -0.2) is 12.6 Å². The first kappa shape index (κ1) is 17.0. The Balaban J connectivity index is 3.94. The van der Waals surface area contributed by atoms with E-state index in [1.54, 1.807) is 0 Å². The Morgan fingerprint density at radius 2 is 1.53 bits per heavy atom. The molecule has 0 saturated carbocycles. The fourth-order valence-corrected chi connectivity index (χ4v) is 1.71. The van der Waals surface area contributed by atoms with Gasteiger partial charge in [0.1, 0.15) is 0 Å². The van der Waals surface area contributed by atoms with Gasteiger partial charge in [0, 0.05) is 12.6 Å². The Labute approximate surface area is 110 Å². The third kappa shape index (κ3) is 8.65. The minimum absolute atomic E-state index is 0.386. The molecule has 0 spiro atoms. The van der Waals surface area contributed by atoms with Gasteiger partial charge in [0.05, 0.1) is 0 Å². The fourth-order valence-electron chi connectivity index (χ4n) is 1.71.